The second kappa shape index (κ2) is 11.0. The molecule has 2 aromatic rings. The third kappa shape index (κ3) is 6.61. The van der Waals surface area contributed by atoms with Gasteiger partial charge in [0.25, 0.3) is 5.91 Å². The Hall–Kier alpha value is -3.02. The average Bonchev–Trinajstić information content (AvgIpc) is 2.72. The Morgan fingerprint density at radius 2 is 1.61 bits per heavy atom. The number of benzene rings is 2. The van der Waals surface area contributed by atoms with Gasteiger partial charge in [-0.05, 0) is 61.9 Å². The molecule has 0 radical (unpaired) electrons. The number of unbranched alkanes of at least 4 members (excludes halogenated alkanes) is 2. The van der Waals surface area contributed by atoms with Gasteiger partial charge in [-0.15, -0.1) is 0 Å². The van der Waals surface area contributed by atoms with E-state index < -0.39 is 12.1 Å². The van der Waals surface area contributed by atoms with Gasteiger partial charge in [0.15, 0.2) is 6.10 Å². The van der Waals surface area contributed by atoms with E-state index in [9.17, 15) is 9.59 Å². The number of hydrogen-bond acceptors (Lipinski definition) is 5. The first kappa shape index (κ1) is 21.3. The van der Waals surface area contributed by atoms with Gasteiger partial charge in [-0.2, -0.15) is 0 Å². The molecule has 1 atom stereocenters. The molecule has 0 aliphatic heterocycles. The normalized spacial score (nSPS) is 11.4. The van der Waals surface area contributed by atoms with Gasteiger partial charge in [0.1, 0.15) is 11.5 Å². The lowest BCUT2D eigenvalue weighted by atomic mass is 10.2. The van der Waals surface area contributed by atoms with Crippen LogP contribution in [0.1, 0.15) is 43.5 Å². The van der Waals surface area contributed by atoms with Crippen molar-refractivity contribution in [3.8, 4) is 11.5 Å². The lowest BCUT2D eigenvalue weighted by Crippen LogP contribution is -2.26. The van der Waals surface area contributed by atoms with Crippen LogP contribution >= 0.6 is 0 Å². The minimum atomic E-state index is -0.708. The first-order valence-electron chi connectivity index (χ1n) is 9.42. The van der Waals surface area contributed by atoms with Gasteiger partial charge in [-0.1, -0.05) is 19.8 Å². The maximum atomic E-state index is 12.3. The molecule has 150 valence electrons. The summed E-state index contributed by atoms with van der Waals surface area (Å²) in [5.74, 6) is 0.592. The van der Waals surface area contributed by atoms with Crippen LogP contribution in [0.5, 0.6) is 11.5 Å². The number of anilines is 1. The second-order valence-electron chi connectivity index (χ2n) is 6.34. The van der Waals surface area contributed by atoms with Crippen molar-refractivity contribution in [2.45, 2.75) is 39.2 Å². The fourth-order valence-corrected chi connectivity index (χ4v) is 2.46. The third-order valence-electron chi connectivity index (χ3n) is 4.10. The van der Waals surface area contributed by atoms with Crippen LogP contribution in [0, 0.1) is 0 Å². The summed E-state index contributed by atoms with van der Waals surface area (Å²) in [6.07, 6.45) is 2.25. The molecule has 0 aromatic heterocycles. The number of ether oxygens (including phenoxy) is 3. The summed E-state index contributed by atoms with van der Waals surface area (Å²) in [6.45, 7) is 4.14. The van der Waals surface area contributed by atoms with E-state index in [-0.39, 0.29) is 5.91 Å². The SMILES string of the molecule is CCCCCOC(=O)[C@H](C)Oc1ccc(C(=O)Nc2ccc(OC)cc2)cc1. The summed E-state index contributed by atoms with van der Waals surface area (Å²) in [5.41, 5.74) is 1.16. The summed E-state index contributed by atoms with van der Waals surface area (Å²) in [5, 5.41) is 2.81. The van der Waals surface area contributed by atoms with Crippen molar-refractivity contribution in [3.05, 3.63) is 54.1 Å². The summed E-state index contributed by atoms with van der Waals surface area (Å²) >= 11 is 0. The highest BCUT2D eigenvalue weighted by molar-refractivity contribution is 6.04. The quantitative estimate of drug-likeness (QED) is 0.483. The summed E-state index contributed by atoms with van der Waals surface area (Å²) < 4.78 is 15.9. The Morgan fingerprint density at radius 3 is 2.21 bits per heavy atom. The smallest absolute Gasteiger partial charge is 0.347 e. The maximum absolute atomic E-state index is 12.3. The number of carbonyl (C=O) groups is 2. The number of nitrogens with one attached hydrogen (secondary N) is 1. The molecule has 1 N–H and O–H groups in total. The molecule has 0 fully saturated rings. The molecular weight excluding hydrogens is 358 g/mol. The van der Waals surface area contributed by atoms with Crippen LogP contribution in [0.25, 0.3) is 0 Å². The molecule has 0 aliphatic carbocycles. The highest BCUT2D eigenvalue weighted by atomic mass is 16.6. The van der Waals surface area contributed by atoms with E-state index in [0.717, 1.165) is 25.0 Å². The lowest BCUT2D eigenvalue weighted by molar-refractivity contribution is -0.151. The maximum Gasteiger partial charge on any atom is 0.347 e. The zero-order valence-electron chi connectivity index (χ0n) is 16.6. The van der Waals surface area contributed by atoms with Crippen molar-refractivity contribution in [2.24, 2.45) is 0 Å². The number of amides is 1. The molecule has 1 amide bonds. The van der Waals surface area contributed by atoms with Crippen LogP contribution in [0.3, 0.4) is 0 Å². The highest BCUT2D eigenvalue weighted by Gasteiger charge is 2.16. The molecule has 2 aromatic carbocycles. The fraction of sp³-hybridized carbons (Fsp3) is 0.364. The fourth-order valence-electron chi connectivity index (χ4n) is 2.46. The van der Waals surface area contributed by atoms with Crippen molar-refractivity contribution < 1.29 is 23.8 Å². The molecule has 6 heteroatoms. The standard InChI is InChI=1S/C22H27NO5/c1-4-5-6-15-27-22(25)16(2)28-20-11-7-17(8-12-20)21(24)23-18-9-13-19(26-3)14-10-18/h7-14,16H,4-6,15H2,1-3H3,(H,23,24)/t16-/m0/s1. The summed E-state index contributed by atoms with van der Waals surface area (Å²) in [4.78, 5) is 24.2. The van der Waals surface area contributed by atoms with E-state index in [2.05, 4.69) is 12.2 Å². The van der Waals surface area contributed by atoms with E-state index in [4.69, 9.17) is 14.2 Å². The third-order valence-corrected chi connectivity index (χ3v) is 4.10. The largest absolute Gasteiger partial charge is 0.497 e. The first-order chi connectivity index (χ1) is 13.5. The summed E-state index contributed by atoms with van der Waals surface area (Å²) in [6, 6.07) is 13.7. The highest BCUT2D eigenvalue weighted by Crippen LogP contribution is 2.18. The minimum absolute atomic E-state index is 0.236. The van der Waals surface area contributed by atoms with Crippen molar-refractivity contribution in [1.29, 1.82) is 0 Å². The van der Waals surface area contributed by atoms with Gasteiger partial charge in [0.05, 0.1) is 13.7 Å². The second-order valence-corrected chi connectivity index (χ2v) is 6.34. The monoisotopic (exact) mass is 385 g/mol. The number of carbonyl (C=O) groups excluding carboxylic acids is 2. The number of hydrogen-bond donors (Lipinski definition) is 1. The van der Waals surface area contributed by atoms with Gasteiger partial charge in [0.2, 0.25) is 0 Å². The van der Waals surface area contributed by atoms with E-state index >= 15 is 0 Å². The molecule has 0 saturated carbocycles. The van der Waals surface area contributed by atoms with Crippen molar-refractivity contribution >= 4 is 17.6 Å². The number of rotatable bonds is 10. The van der Waals surface area contributed by atoms with Crippen LogP contribution in [0.2, 0.25) is 0 Å². The molecule has 0 heterocycles. The van der Waals surface area contributed by atoms with E-state index in [1.165, 1.54) is 0 Å². The predicted molar refractivity (Wildman–Crippen MR) is 108 cm³/mol. The molecule has 0 bridgehead atoms. The van der Waals surface area contributed by atoms with Gasteiger partial charge in [-0.3, -0.25) is 4.79 Å². The minimum Gasteiger partial charge on any atom is -0.497 e. The Kier molecular flexibility index (Phi) is 8.34. The van der Waals surface area contributed by atoms with E-state index in [0.29, 0.717) is 23.6 Å². The van der Waals surface area contributed by atoms with Gasteiger partial charge in [0, 0.05) is 11.3 Å². The predicted octanol–water partition coefficient (Wildman–Crippen LogP) is 4.45. The molecule has 0 unspecified atom stereocenters. The first-order valence-corrected chi connectivity index (χ1v) is 9.42. The lowest BCUT2D eigenvalue weighted by Gasteiger charge is -2.14. The average molecular weight is 385 g/mol. The molecule has 0 aliphatic rings. The number of methoxy groups -OCH3 is 1. The van der Waals surface area contributed by atoms with Gasteiger partial charge in [-0.25, -0.2) is 4.79 Å². The van der Waals surface area contributed by atoms with Crippen molar-refractivity contribution in [3.63, 3.8) is 0 Å². The Bertz CT molecular complexity index is 756. The molecular formula is C22H27NO5. The zero-order valence-corrected chi connectivity index (χ0v) is 16.6. The molecule has 0 spiro atoms. The van der Waals surface area contributed by atoms with Crippen LogP contribution in [0.4, 0.5) is 5.69 Å². The Morgan fingerprint density at radius 1 is 0.964 bits per heavy atom. The zero-order chi connectivity index (χ0) is 20.4. The Labute approximate surface area is 165 Å². The van der Waals surface area contributed by atoms with Gasteiger partial charge < -0.3 is 19.5 Å². The molecule has 0 saturated heterocycles. The number of esters is 1. The Balaban J connectivity index is 1.85. The van der Waals surface area contributed by atoms with Crippen LogP contribution in [-0.2, 0) is 9.53 Å². The molecule has 6 nitrogen and oxygen atoms in total. The molecule has 2 rings (SSSR count). The van der Waals surface area contributed by atoms with Crippen LogP contribution < -0.4 is 14.8 Å². The van der Waals surface area contributed by atoms with Crippen LogP contribution in [-0.4, -0.2) is 31.7 Å². The topological polar surface area (TPSA) is 73.9 Å². The van der Waals surface area contributed by atoms with E-state index in [1.807, 2.05) is 0 Å². The van der Waals surface area contributed by atoms with Crippen LogP contribution in [0.15, 0.2) is 48.5 Å². The van der Waals surface area contributed by atoms with Crippen molar-refractivity contribution in [2.75, 3.05) is 19.0 Å². The molecule has 28 heavy (non-hydrogen) atoms. The van der Waals surface area contributed by atoms with Gasteiger partial charge >= 0.3 is 5.97 Å². The van der Waals surface area contributed by atoms with E-state index in [1.54, 1.807) is 62.6 Å². The summed E-state index contributed by atoms with van der Waals surface area (Å²) in [7, 11) is 1.59. The van der Waals surface area contributed by atoms with Crippen molar-refractivity contribution in [1.82, 2.24) is 0 Å².